The summed E-state index contributed by atoms with van der Waals surface area (Å²) in [5.41, 5.74) is 3.25. The first-order valence-corrected chi connectivity index (χ1v) is 10.1. The van der Waals surface area contributed by atoms with Crippen LogP contribution in [0.3, 0.4) is 0 Å². The molecule has 0 saturated carbocycles. The summed E-state index contributed by atoms with van der Waals surface area (Å²) in [6.07, 6.45) is 4.60. The third kappa shape index (κ3) is 3.90. The molecule has 0 radical (unpaired) electrons. The predicted octanol–water partition coefficient (Wildman–Crippen LogP) is 4.81. The molecule has 4 aromatic rings. The maximum atomic E-state index is 13.0. The molecular formula is C20H17ClN6OS. The van der Waals surface area contributed by atoms with E-state index in [9.17, 15) is 4.79 Å². The molecule has 0 aliphatic carbocycles. The van der Waals surface area contributed by atoms with Crippen molar-refractivity contribution in [3.63, 3.8) is 0 Å². The molecule has 3 heterocycles. The van der Waals surface area contributed by atoms with Gasteiger partial charge in [0.1, 0.15) is 4.88 Å². The summed E-state index contributed by atoms with van der Waals surface area (Å²) in [4.78, 5) is 19.1. The highest BCUT2D eigenvalue weighted by Crippen LogP contribution is 2.34. The molecule has 3 aromatic heterocycles. The summed E-state index contributed by atoms with van der Waals surface area (Å²) in [6, 6.07) is 11.5. The van der Waals surface area contributed by atoms with Gasteiger partial charge in [0.2, 0.25) is 0 Å². The molecule has 0 spiro atoms. The summed E-state index contributed by atoms with van der Waals surface area (Å²) in [5, 5.41) is 11.2. The zero-order valence-corrected chi connectivity index (χ0v) is 17.3. The van der Waals surface area contributed by atoms with Crippen molar-refractivity contribution in [3.8, 4) is 17.1 Å². The van der Waals surface area contributed by atoms with E-state index in [1.165, 1.54) is 34.9 Å². The molecule has 7 nitrogen and oxygen atoms in total. The van der Waals surface area contributed by atoms with E-state index in [1.54, 1.807) is 6.07 Å². The maximum absolute atomic E-state index is 13.0. The van der Waals surface area contributed by atoms with Gasteiger partial charge in [-0.1, -0.05) is 55.8 Å². The van der Waals surface area contributed by atoms with E-state index >= 15 is 0 Å². The van der Waals surface area contributed by atoms with Gasteiger partial charge in [-0.15, -0.1) is 4.80 Å². The quantitative estimate of drug-likeness (QED) is 0.496. The number of halogens is 1. The van der Waals surface area contributed by atoms with E-state index < -0.39 is 0 Å². The lowest BCUT2D eigenvalue weighted by atomic mass is 9.97. The highest BCUT2D eigenvalue weighted by Gasteiger charge is 2.23. The standard InChI is InChI=1S/C20H17ClN6OS/c1-12(2)16-17(13-6-4-3-5-7-13)26-29-18(16)20(28)25-14-10-15(21)19(22-11-14)27-23-8-9-24-27/h3-12H,1-2H3,(H,25,28). The molecule has 0 fully saturated rings. The number of anilines is 1. The van der Waals surface area contributed by atoms with Crippen molar-refractivity contribution in [3.05, 3.63) is 70.5 Å². The Bertz CT molecular complexity index is 1140. The van der Waals surface area contributed by atoms with E-state index in [2.05, 4.69) is 38.7 Å². The lowest BCUT2D eigenvalue weighted by Gasteiger charge is -2.11. The third-order valence-corrected chi connectivity index (χ3v) is 5.39. The summed E-state index contributed by atoms with van der Waals surface area (Å²) in [7, 11) is 0. The average Bonchev–Trinajstić information content (AvgIpc) is 3.39. The molecule has 0 aliphatic heterocycles. The molecule has 0 aliphatic rings. The largest absolute Gasteiger partial charge is 0.320 e. The van der Waals surface area contributed by atoms with Crippen molar-refractivity contribution in [2.45, 2.75) is 19.8 Å². The van der Waals surface area contributed by atoms with Gasteiger partial charge < -0.3 is 5.32 Å². The lowest BCUT2D eigenvalue weighted by Crippen LogP contribution is -2.13. The first kappa shape index (κ1) is 19.2. The Hall–Kier alpha value is -3.10. The fourth-order valence-corrected chi connectivity index (χ4v) is 4.15. The summed E-state index contributed by atoms with van der Waals surface area (Å²) in [6.45, 7) is 4.11. The Morgan fingerprint density at radius 1 is 1.17 bits per heavy atom. The second-order valence-electron chi connectivity index (χ2n) is 6.60. The molecule has 0 bridgehead atoms. The Kier molecular flexibility index (Phi) is 5.37. The first-order chi connectivity index (χ1) is 14.0. The van der Waals surface area contributed by atoms with Crippen LogP contribution in [0.2, 0.25) is 5.02 Å². The van der Waals surface area contributed by atoms with Crippen molar-refractivity contribution in [1.82, 2.24) is 24.4 Å². The second kappa shape index (κ2) is 8.10. The summed E-state index contributed by atoms with van der Waals surface area (Å²) < 4.78 is 4.56. The Balaban J connectivity index is 1.62. The number of carbonyl (C=O) groups excluding carboxylic acids is 1. The molecule has 0 atom stereocenters. The molecule has 146 valence electrons. The number of nitrogens with zero attached hydrogens (tertiary/aromatic N) is 5. The predicted molar refractivity (Wildman–Crippen MR) is 114 cm³/mol. The van der Waals surface area contributed by atoms with Gasteiger partial charge in [0.05, 0.1) is 35.0 Å². The van der Waals surface area contributed by atoms with Crippen LogP contribution in [0.5, 0.6) is 0 Å². The molecular weight excluding hydrogens is 408 g/mol. The van der Waals surface area contributed by atoms with E-state index in [1.807, 2.05) is 30.3 Å². The number of benzene rings is 1. The number of pyridine rings is 1. The van der Waals surface area contributed by atoms with Gasteiger partial charge in [0.25, 0.3) is 5.91 Å². The van der Waals surface area contributed by atoms with Gasteiger partial charge >= 0.3 is 0 Å². The molecule has 29 heavy (non-hydrogen) atoms. The number of nitrogens with one attached hydrogen (secondary N) is 1. The topological polar surface area (TPSA) is 85.6 Å². The van der Waals surface area contributed by atoms with Crippen molar-refractivity contribution >= 4 is 34.7 Å². The van der Waals surface area contributed by atoms with Crippen LogP contribution in [-0.2, 0) is 0 Å². The van der Waals surface area contributed by atoms with E-state index in [4.69, 9.17) is 11.6 Å². The average molecular weight is 425 g/mol. The third-order valence-electron chi connectivity index (χ3n) is 4.25. The minimum Gasteiger partial charge on any atom is -0.320 e. The highest BCUT2D eigenvalue weighted by atomic mass is 35.5. The van der Waals surface area contributed by atoms with Crippen molar-refractivity contribution < 1.29 is 4.79 Å². The zero-order chi connectivity index (χ0) is 20.4. The SMILES string of the molecule is CC(C)c1c(-c2ccccc2)nsc1C(=O)Nc1cnc(-n2nccn2)c(Cl)c1. The Labute approximate surface area is 176 Å². The molecule has 4 rings (SSSR count). The van der Waals surface area contributed by atoms with Crippen LogP contribution in [0.15, 0.2) is 55.0 Å². The highest BCUT2D eigenvalue weighted by molar-refractivity contribution is 7.08. The molecule has 0 unspecified atom stereocenters. The first-order valence-electron chi connectivity index (χ1n) is 8.93. The minimum atomic E-state index is -0.240. The van der Waals surface area contributed by atoms with Gasteiger partial charge in [-0.25, -0.2) is 4.98 Å². The Morgan fingerprint density at radius 3 is 2.55 bits per heavy atom. The Morgan fingerprint density at radius 2 is 1.90 bits per heavy atom. The fourth-order valence-electron chi connectivity index (χ4n) is 2.96. The lowest BCUT2D eigenvalue weighted by molar-refractivity contribution is 0.102. The molecule has 1 aromatic carbocycles. The summed E-state index contributed by atoms with van der Waals surface area (Å²) >= 11 is 7.48. The van der Waals surface area contributed by atoms with Crippen molar-refractivity contribution in [2.75, 3.05) is 5.32 Å². The van der Waals surface area contributed by atoms with Crippen LogP contribution in [0.4, 0.5) is 5.69 Å². The van der Waals surface area contributed by atoms with Crippen molar-refractivity contribution in [1.29, 1.82) is 0 Å². The molecule has 1 N–H and O–H groups in total. The fraction of sp³-hybridized carbons (Fsp3) is 0.150. The van der Waals surface area contributed by atoms with Crippen LogP contribution in [0, 0.1) is 0 Å². The number of aromatic nitrogens is 5. The zero-order valence-electron chi connectivity index (χ0n) is 15.7. The van der Waals surface area contributed by atoms with Crippen LogP contribution in [0.25, 0.3) is 17.1 Å². The molecule has 1 amide bonds. The van der Waals surface area contributed by atoms with Gasteiger partial charge in [0, 0.05) is 11.1 Å². The van der Waals surface area contributed by atoms with Crippen LogP contribution >= 0.6 is 23.1 Å². The maximum Gasteiger partial charge on any atom is 0.267 e. The van der Waals surface area contributed by atoms with Crippen LogP contribution < -0.4 is 5.32 Å². The molecule has 9 heteroatoms. The van der Waals surface area contributed by atoms with E-state index in [0.29, 0.717) is 21.4 Å². The van der Waals surface area contributed by atoms with Gasteiger partial charge in [-0.2, -0.15) is 14.6 Å². The van der Waals surface area contributed by atoms with Crippen LogP contribution in [0.1, 0.15) is 35.0 Å². The van der Waals surface area contributed by atoms with E-state index in [0.717, 1.165) is 16.8 Å². The number of hydrogen-bond acceptors (Lipinski definition) is 6. The summed E-state index contributed by atoms with van der Waals surface area (Å²) in [5.74, 6) is 0.289. The number of hydrogen-bond donors (Lipinski definition) is 1. The number of rotatable bonds is 5. The number of carbonyl (C=O) groups is 1. The smallest absolute Gasteiger partial charge is 0.267 e. The van der Waals surface area contributed by atoms with E-state index in [-0.39, 0.29) is 11.8 Å². The van der Waals surface area contributed by atoms with Crippen LogP contribution in [-0.4, -0.2) is 30.3 Å². The number of amides is 1. The van der Waals surface area contributed by atoms with Gasteiger partial charge in [-0.05, 0) is 23.5 Å². The minimum absolute atomic E-state index is 0.139. The normalized spacial score (nSPS) is 11.0. The van der Waals surface area contributed by atoms with Gasteiger partial charge in [-0.3, -0.25) is 4.79 Å². The van der Waals surface area contributed by atoms with Gasteiger partial charge in [0.15, 0.2) is 5.82 Å². The second-order valence-corrected chi connectivity index (χ2v) is 7.78. The van der Waals surface area contributed by atoms with Crippen molar-refractivity contribution in [2.24, 2.45) is 0 Å². The monoisotopic (exact) mass is 424 g/mol. The molecule has 0 saturated heterocycles.